The van der Waals surface area contributed by atoms with Crippen LogP contribution in [0.15, 0.2) is 17.2 Å². The van der Waals surface area contributed by atoms with Gasteiger partial charge in [-0.15, -0.1) is 0 Å². The Hall–Kier alpha value is -3.54. The SMILES string of the molecule is CCn1cc(C(=O)O)c(=O)c2cnc(N3CCNCC3)nc21.O=C(O)C(=O)O. The van der Waals surface area contributed by atoms with E-state index in [1.165, 1.54) is 12.4 Å². The molecular formula is C16H19N5O7. The van der Waals surface area contributed by atoms with E-state index in [1.54, 1.807) is 4.57 Å². The second kappa shape index (κ2) is 8.90. The third-order valence-electron chi connectivity index (χ3n) is 3.96. The summed E-state index contributed by atoms with van der Waals surface area (Å²) < 4.78 is 1.67. The maximum atomic E-state index is 12.2. The zero-order valence-corrected chi connectivity index (χ0v) is 15.0. The number of nitrogens with zero attached hydrogens (tertiary/aromatic N) is 4. The number of carboxylic acid groups (broad SMARTS) is 3. The number of carboxylic acids is 3. The predicted octanol–water partition coefficient (Wildman–Crippen LogP) is -0.925. The number of aryl methyl sites for hydroxylation is 1. The van der Waals surface area contributed by atoms with Crippen LogP contribution in [-0.4, -0.2) is 73.9 Å². The number of rotatable bonds is 3. The molecule has 150 valence electrons. The number of fused-ring (bicyclic) bond motifs is 1. The maximum absolute atomic E-state index is 12.2. The molecule has 0 saturated carbocycles. The highest BCUT2D eigenvalue weighted by Crippen LogP contribution is 2.14. The lowest BCUT2D eigenvalue weighted by atomic mass is 10.2. The maximum Gasteiger partial charge on any atom is 0.414 e. The van der Waals surface area contributed by atoms with E-state index in [4.69, 9.17) is 24.9 Å². The smallest absolute Gasteiger partial charge is 0.414 e. The van der Waals surface area contributed by atoms with Crippen molar-refractivity contribution in [2.75, 3.05) is 31.1 Å². The van der Waals surface area contributed by atoms with Crippen LogP contribution in [0.5, 0.6) is 0 Å². The number of hydrogen-bond donors (Lipinski definition) is 4. The van der Waals surface area contributed by atoms with Gasteiger partial charge in [-0.1, -0.05) is 0 Å². The van der Waals surface area contributed by atoms with Crippen LogP contribution in [0.4, 0.5) is 5.95 Å². The zero-order valence-electron chi connectivity index (χ0n) is 15.0. The molecule has 0 atom stereocenters. The van der Waals surface area contributed by atoms with Crippen molar-refractivity contribution >= 4 is 34.9 Å². The van der Waals surface area contributed by atoms with E-state index in [9.17, 15) is 9.59 Å². The summed E-state index contributed by atoms with van der Waals surface area (Å²) in [6, 6.07) is 0. The number of pyridine rings is 1. The van der Waals surface area contributed by atoms with Crippen LogP contribution >= 0.6 is 0 Å². The van der Waals surface area contributed by atoms with Crippen molar-refractivity contribution < 1.29 is 29.7 Å². The second-order valence-corrected chi connectivity index (χ2v) is 5.72. The lowest BCUT2D eigenvalue weighted by Crippen LogP contribution is -2.44. The Bertz CT molecular complexity index is 954. The van der Waals surface area contributed by atoms with E-state index >= 15 is 0 Å². The topological polar surface area (TPSA) is 175 Å². The Morgan fingerprint density at radius 2 is 1.75 bits per heavy atom. The van der Waals surface area contributed by atoms with Crippen LogP contribution in [0.25, 0.3) is 11.0 Å². The molecule has 12 nitrogen and oxygen atoms in total. The fourth-order valence-corrected chi connectivity index (χ4v) is 2.57. The summed E-state index contributed by atoms with van der Waals surface area (Å²) in [5.41, 5.74) is -0.326. The lowest BCUT2D eigenvalue weighted by Gasteiger charge is -2.27. The van der Waals surface area contributed by atoms with Crippen LogP contribution in [0.2, 0.25) is 0 Å². The Balaban J connectivity index is 0.000000409. The third-order valence-corrected chi connectivity index (χ3v) is 3.96. The molecule has 0 amide bonds. The van der Waals surface area contributed by atoms with Crippen LogP contribution in [0.1, 0.15) is 17.3 Å². The molecule has 1 fully saturated rings. The van der Waals surface area contributed by atoms with Crippen molar-refractivity contribution in [2.45, 2.75) is 13.5 Å². The molecule has 2 aromatic rings. The van der Waals surface area contributed by atoms with Gasteiger partial charge in [-0.2, -0.15) is 4.98 Å². The average molecular weight is 393 g/mol. The molecule has 0 unspecified atom stereocenters. The van der Waals surface area contributed by atoms with E-state index in [-0.39, 0.29) is 10.9 Å². The Kier molecular flexibility index (Phi) is 6.60. The molecule has 12 heteroatoms. The fourth-order valence-electron chi connectivity index (χ4n) is 2.57. The minimum Gasteiger partial charge on any atom is -0.477 e. The molecule has 0 spiro atoms. The van der Waals surface area contributed by atoms with Gasteiger partial charge in [0.25, 0.3) is 0 Å². The number of carbonyl (C=O) groups is 3. The van der Waals surface area contributed by atoms with Gasteiger partial charge >= 0.3 is 17.9 Å². The summed E-state index contributed by atoms with van der Waals surface area (Å²) in [7, 11) is 0. The highest BCUT2D eigenvalue weighted by molar-refractivity contribution is 6.27. The third kappa shape index (κ3) is 4.59. The molecule has 0 bridgehead atoms. The molecule has 1 saturated heterocycles. The largest absolute Gasteiger partial charge is 0.477 e. The quantitative estimate of drug-likeness (QED) is 0.474. The molecule has 3 rings (SSSR count). The molecule has 4 N–H and O–H groups in total. The molecule has 1 aliphatic heterocycles. The van der Waals surface area contributed by atoms with Crippen LogP contribution in [0, 0.1) is 0 Å². The van der Waals surface area contributed by atoms with E-state index < -0.39 is 23.3 Å². The molecule has 1 aliphatic rings. The fraction of sp³-hybridized carbons (Fsp3) is 0.375. The summed E-state index contributed by atoms with van der Waals surface area (Å²) in [5.74, 6) is -4.32. The van der Waals surface area contributed by atoms with Gasteiger partial charge in [0.05, 0.1) is 5.39 Å². The van der Waals surface area contributed by atoms with Crippen LogP contribution in [-0.2, 0) is 16.1 Å². The summed E-state index contributed by atoms with van der Waals surface area (Å²) in [4.78, 5) is 52.4. The first kappa shape index (κ1) is 20.8. The molecule has 28 heavy (non-hydrogen) atoms. The number of piperazine rings is 1. The Morgan fingerprint density at radius 1 is 1.14 bits per heavy atom. The second-order valence-electron chi connectivity index (χ2n) is 5.72. The summed E-state index contributed by atoms with van der Waals surface area (Å²) in [5, 5.41) is 27.4. The Morgan fingerprint density at radius 3 is 2.25 bits per heavy atom. The summed E-state index contributed by atoms with van der Waals surface area (Å²) in [6.45, 7) is 5.72. The van der Waals surface area contributed by atoms with E-state index in [0.717, 1.165) is 26.2 Å². The van der Waals surface area contributed by atoms with Crippen molar-refractivity contribution in [1.29, 1.82) is 0 Å². The molecule has 3 heterocycles. The van der Waals surface area contributed by atoms with Gasteiger partial charge in [-0.3, -0.25) is 4.79 Å². The first-order valence-corrected chi connectivity index (χ1v) is 8.31. The number of nitrogens with one attached hydrogen (secondary N) is 1. The average Bonchev–Trinajstić information content (AvgIpc) is 2.69. The highest BCUT2D eigenvalue weighted by Gasteiger charge is 2.18. The summed E-state index contributed by atoms with van der Waals surface area (Å²) >= 11 is 0. The first-order chi connectivity index (χ1) is 13.3. The molecule has 0 aliphatic carbocycles. The van der Waals surface area contributed by atoms with E-state index in [0.29, 0.717) is 18.1 Å². The van der Waals surface area contributed by atoms with E-state index in [2.05, 4.69) is 15.3 Å². The number of anilines is 1. The van der Waals surface area contributed by atoms with Gasteiger partial charge in [0.15, 0.2) is 0 Å². The van der Waals surface area contributed by atoms with Crippen molar-refractivity contribution in [3.63, 3.8) is 0 Å². The minimum atomic E-state index is -1.82. The van der Waals surface area contributed by atoms with Crippen molar-refractivity contribution in [1.82, 2.24) is 19.9 Å². The molecule has 0 radical (unpaired) electrons. The van der Waals surface area contributed by atoms with Crippen LogP contribution < -0.4 is 15.6 Å². The van der Waals surface area contributed by atoms with Gasteiger partial charge in [0.2, 0.25) is 11.4 Å². The summed E-state index contributed by atoms with van der Waals surface area (Å²) in [6.07, 6.45) is 2.78. The predicted molar refractivity (Wildman–Crippen MR) is 96.8 cm³/mol. The number of aromatic carboxylic acids is 1. The van der Waals surface area contributed by atoms with Gasteiger partial charge in [0.1, 0.15) is 11.2 Å². The standard InChI is InChI=1S/C14H17N5O3.C2H2O4/c1-2-18-8-10(13(21)22)11(20)9-7-16-14(17-12(9)18)19-5-3-15-4-6-19;3-1(4)2(5)6/h7-8,15H,2-6H2,1H3,(H,21,22);(H,3,4)(H,5,6). The molecule has 2 aromatic heterocycles. The number of hydrogen-bond acceptors (Lipinski definition) is 8. The zero-order chi connectivity index (χ0) is 20.8. The van der Waals surface area contributed by atoms with Gasteiger partial charge in [-0.25, -0.2) is 19.4 Å². The Labute approximate surface area is 158 Å². The monoisotopic (exact) mass is 393 g/mol. The van der Waals surface area contributed by atoms with Gasteiger partial charge < -0.3 is 30.1 Å². The van der Waals surface area contributed by atoms with Gasteiger partial charge in [-0.05, 0) is 6.92 Å². The first-order valence-electron chi connectivity index (χ1n) is 8.31. The minimum absolute atomic E-state index is 0.237. The van der Waals surface area contributed by atoms with Crippen molar-refractivity contribution in [3.05, 3.63) is 28.2 Å². The molecule has 0 aromatic carbocycles. The van der Waals surface area contributed by atoms with Crippen LogP contribution in [0.3, 0.4) is 0 Å². The lowest BCUT2D eigenvalue weighted by molar-refractivity contribution is -0.159. The number of aromatic nitrogens is 3. The van der Waals surface area contributed by atoms with E-state index in [1.807, 2.05) is 11.8 Å². The molecular weight excluding hydrogens is 374 g/mol. The van der Waals surface area contributed by atoms with Crippen molar-refractivity contribution in [2.24, 2.45) is 0 Å². The van der Waals surface area contributed by atoms with Crippen molar-refractivity contribution in [3.8, 4) is 0 Å². The normalized spacial score (nSPS) is 13.5. The highest BCUT2D eigenvalue weighted by atomic mass is 16.4. The number of aliphatic carboxylic acids is 2. The van der Waals surface area contributed by atoms with Gasteiger partial charge in [0, 0.05) is 45.1 Å².